The van der Waals surface area contributed by atoms with Gasteiger partial charge in [0.15, 0.2) is 5.16 Å². The molecule has 1 aromatic heterocycles. The summed E-state index contributed by atoms with van der Waals surface area (Å²) < 4.78 is 2.27. The third-order valence-corrected chi connectivity index (χ3v) is 7.82. The van der Waals surface area contributed by atoms with Crippen LogP contribution in [-0.2, 0) is 4.79 Å². The molecule has 2 fully saturated rings. The molecule has 1 saturated heterocycles. The second kappa shape index (κ2) is 9.77. The van der Waals surface area contributed by atoms with Crippen molar-refractivity contribution in [2.24, 2.45) is 0 Å². The second-order valence-corrected chi connectivity index (χ2v) is 10.3. The molecule has 1 aliphatic heterocycles. The Balaban J connectivity index is 1.44. The normalized spacial score (nSPS) is 17.1. The van der Waals surface area contributed by atoms with Gasteiger partial charge in [-0.1, -0.05) is 59.8 Å². The summed E-state index contributed by atoms with van der Waals surface area (Å²) in [6.07, 6.45) is 5.92. The lowest BCUT2D eigenvalue weighted by atomic mass is 10.1. The number of nitrogens with one attached hydrogen (secondary N) is 1. The smallest absolute Gasteiger partial charge is 0.242 e. The number of piperidine rings is 1. The molecule has 1 atom stereocenters. The zero-order valence-electron chi connectivity index (χ0n) is 18.7. The standard InChI is InChI=1S/C25H28ClN5OS/c1-17-10-11-19(16-21(17)26)27-23(32)22(18-8-4-2-5-9-18)33-25-29-28-24(31(25)20-12-13-20)30-14-6-3-7-15-30/h2,4-5,8-11,16,20,22H,3,6-7,12-15H2,1H3,(H,27,32). The zero-order valence-corrected chi connectivity index (χ0v) is 20.3. The maximum atomic E-state index is 13.5. The Morgan fingerprint density at radius 1 is 1.09 bits per heavy atom. The van der Waals surface area contributed by atoms with Crippen molar-refractivity contribution < 1.29 is 4.79 Å². The Kier molecular flexibility index (Phi) is 6.60. The number of hydrogen-bond donors (Lipinski definition) is 1. The number of hydrogen-bond acceptors (Lipinski definition) is 5. The number of halogens is 1. The Morgan fingerprint density at radius 2 is 1.85 bits per heavy atom. The van der Waals surface area contributed by atoms with E-state index < -0.39 is 5.25 Å². The van der Waals surface area contributed by atoms with E-state index in [2.05, 4.69) is 25.0 Å². The monoisotopic (exact) mass is 481 g/mol. The molecule has 0 radical (unpaired) electrons. The molecular formula is C25H28ClN5OS. The lowest BCUT2D eigenvalue weighted by Crippen LogP contribution is -2.32. The highest BCUT2D eigenvalue weighted by Crippen LogP contribution is 2.44. The van der Waals surface area contributed by atoms with E-state index in [9.17, 15) is 4.79 Å². The van der Waals surface area contributed by atoms with Gasteiger partial charge in [0.2, 0.25) is 11.9 Å². The number of carbonyl (C=O) groups is 1. The minimum absolute atomic E-state index is 0.101. The first kappa shape index (κ1) is 22.3. The Labute approximate surface area is 203 Å². The van der Waals surface area contributed by atoms with E-state index in [0.29, 0.717) is 16.8 Å². The summed E-state index contributed by atoms with van der Waals surface area (Å²) in [6.45, 7) is 3.99. The first-order chi connectivity index (χ1) is 16.1. The lowest BCUT2D eigenvalue weighted by Gasteiger charge is -2.28. The van der Waals surface area contributed by atoms with Crippen LogP contribution in [0.3, 0.4) is 0 Å². The van der Waals surface area contributed by atoms with Crippen LogP contribution in [0.5, 0.6) is 0 Å². The molecule has 1 unspecified atom stereocenters. The van der Waals surface area contributed by atoms with Gasteiger partial charge in [-0.2, -0.15) is 0 Å². The van der Waals surface area contributed by atoms with Gasteiger partial charge in [-0.3, -0.25) is 9.36 Å². The second-order valence-electron chi connectivity index (χ2n) is 8.79. The van der Waals surface area contributed by atoms with Crippen LogP contribution in [0.4, 0.5) is 11.6 Å². The van der Waals surface area contributed by atoms with E-state index in [1.54, 1.807) is 6.07 Å². The van der Waals surface area contributed by atoms with Gasteiger partial charge in [0.1, 0.15) is 5.25 Å². The summed E-state index contributed by atoms with van der Waals surface area (Å²) in [6, 6.07) is 15.9. The van der Waals surface area contributed by atoms with E-state index in [4.69, 9.17) is 11.6 Å². The number of rotatable bonds is 7. The lowest BCUT2D eigenvalue weighted by molar-refractivity contribution is -0.115. The molecule has 3 aromatic rings. The van der Waals surface area contributed by atoms with E-state index >= 15 is 0 Å². The maximum Gasteiger partial charge on any atom is 0.242 e. The molecule has 6 nitrogen and oxygen atoms in total. The van der Waals surface area contributed by atoms with Crippen molar-refractivity contribution in [1.82, 2.24) is 14.8 Å². The van der Waals surface area contributed by atoms with Crippen molar-refractivity contribution in [1.29, 1.82) is 0 Å². The highest BCUT2D eigenvalue weighted by molar-refractivity contribution is 8.00. The quantitative estimate of drug-likeness (QED) is 0.417. The van der Waals surface area contributed by atoms with Crippen LogP contribution in [0, 0.1) is 6.92 Å². The summed E-state index contributed by atoms with van der Waals surface area (Å²) in [5.41, 5.74) is 2.60. The van der Waals surface area contributed by atoms with Gasteiger partial charge in [0.25, 0.3) is 0 Å². The summed E-state index contributed by atoms with van der Waals surface area (Å²) in [5.74, 6) is 0.855. The molecule has 172 valence electrons. The fourth-order valence-corrected chi connectivity index (χ4v) is 5.48. The van der Waals surface area contributed by atoms with Crippen LogP contribution < -0.4 is 10.2 Å². The first-order valence-electron chi connectivity index (χ1n) is 11.6. The van der Waals surface area contributed by atoms with E-state index in [1.165, 1.54) is 31.0 Å². The van der Waals surface area contributed by atoms with Crippen molar-refractivity contribution in [2.75, 3.05) is 23.3 Å². The number of thioether (sulfide) groups is 1. The minimum atomic E-state index is -0.456. The Morgan fingerprint density at radius 3 is 2.55 bits per heavy atom. The molecular weight excluding hydrogens is 454 g/mol. The third kappa shape index (κ3) is 5.04. The molecule has 0 spiro atoms. The van der Waals surface area contributed by atoms with E-state index in [-0.39, 0.29) is 5.91 Å². The predicted octanol–water partition coefficient (Wildman–Crippen LogP) is 6.04. The average Bonchev–Trinajstić information content (AvgIpc) is 3.60. The molecule has 5 rings (SSSR count). The predicted molar refractivity (Wildman–Crippen MR) is 134 cm³/mol. The summed E-state index contributed by atoms with van der Waals surface area (Å²) in [7, 11) is 0. The van der Waals surface area contributed by atoms with Gasteiger partial charge in [0.05, 0.1) is 0 Å². The molecule has 1 aliphatic carbocycles. The van der Waals surface area contributed by atoms with Crippen LogP contribution in [0.25, 0.3) is 0 Å². The average molecular weight is 482 g/mol. The summed E-state index contributed by atoms with van der Waals surface area (Å²) >= 11 is 7.75. The molecule has 8 heteroatoms. The molecule has 0 bridgehead atoms. The molecule has 2 aromatic carbocycles. The zero-order chi connectivity index (χ0) is 22.8. The SMILES string of the molecule is Cc1ccc(NC(=O)C(Sc2nnc(N3CCCCC3)n2C2CC2)c2ccccc2)cc1Cl. The number of amides is 1. The van der Waals surface area contributed by atoms with Crippen LogP contribution in [0.15, 0.2) is 53.7 Å². The number of aryl methyl sites for hydroxylation is 1. The summed E-state index contributed by atoms with van der Waals surface area (Å²) in [5, 5.41) is 13.2. The maximum absolute atomic E-state index is 13.5. The fraction of sp³-hybridized carbons (Fsp3) is 0.400. The van der Waals surface area contributed by atoms with Gasteiger partial charge in [-0.05, 0) is 62.3 Å². The number of nitrogens with zero attached hydrogens (tertiary/aromatic N) is 4. The summed E-state index contributed by atoms with van der Waals surface area (Å²) in [4.78, 5) is 15.8. The molecule has 1 amide bonds. The number of carbonyl (C=O) groups excluding carboxylic acids is 1. The topological polar surface area (TPSA) is 63.1 Å². The van der Waals surface area contributed by atoms with Gasteiger partial charge in [-0.15, -0.1) is 10.2 Å². The molecule has 1 N–H and O–H groups in total. The van der Waals surface area contributed by atoms with Crippen LogP contribution >= 0.6 is 23.4 Å². The van der Waals surface area contributed by atoms with Crippen LogP contribution in [0.1, 0.15) is 54.5 Å². The highest BCUT2D eigenvalue weighted by atomic mass is 35.5. The molecule has 2 aliphatic rings. The largest absolute Gasteiger partial charge is 0.341 e. The minimum Gasteiger partial charge on any atom is -0.341 e. The van der Waals surface area contributed by atoms with Crippen molar-refractivity contribution >= 4 is 40.9 Å². The first-order valence-corrected chi connectivity index (χ1v) is 12.8. The highest BCUT2D eigenvalue weighted by Gasteiger charge is 2.34. The van der Waals surface area contributed by atoms with Crippen molar-refractivity contribution in [3.05, 3.63) is 64.7 Å². The number of benzene rings is 2. The molecule has 33 heavy (non-hydrogen) atoms. The van der Waals surface area contributed by atoms with E-state index in [1.807, 2.05) is 49.4 Å². The number of aromatic nitrogens is 3. The molecule has 2 heterocycles. The Bertz CT molecular complexity index is 1130. The third-order valence-electron chi connectivity index (χ3n) is 6.20. The Hall–Kier alpha value is -2.51. The molecule has 1 saturated carbocycles. The number of anilines is 2. The van der Waals surface area contributed by atoms with Crippen molar-refractivity contribution in [3.8, 4) is 0 Å². The van der Waals surface area contributed by atoms with Crippen molar-refractivity contribution in [2.45, 2.75) is 55.5 Å². The van der Waals surface area contributed by atoms with Crippen LogP contribution in [-0.4, -0.2) is 33.8 Å². The van der Waals surface area contributed by atoms with Gasteiger partial charge in [-0.25, -0.2) is 0 Å². The van der Waals surface area contributed by atoms with Gasteiger partial charge < -0.3 is 10.2 Å². The van der Waals surface area contributed by atoms with E-state index in [0.717, 1.165) is 48.2 Å². The van der Waals surface area contributed by atoms with Gasteiger partial charge in [0, 0.05) is 29.8 Å². The van der Waals surface area contributed by atoms with Crippen molar-refractivity contribution in [3.63, 3.8) is 0 Å². The fourth-order valence-electron chi connectivity index (χ4n) is 4.20. The van der Waals surface area contributed by atoms with Gasteiger partial charge >= 0.3 is 0 Å². The van der Waals surface area contributed by atoms with Crippen LogP contribution in [0.2, 0.25) is 5.02 Å².